The van der Waals surface area contributed by atoms with E-state index in [-0.39, 0.29) is 34.2 Å². The first kappa shape index (κ1) is 21.9. The predicted octanol–water partition coefficient (Wildman–Crippen LogP) is 4.61. The van der Waals surface area contributed by atoms with Gasteiger partial charge >= 0.3 is 0 Å². The highest BCUT2D eigenvalue weighted by atomic mass is 79.9. The van der Waals surface area contributed by atoms with E-state index in [9.17, 15) is 14.7 Å². The fraction of sp³-hybridized carbons (Fsp3) is 0.273. The van der Waals surface area contributed by atoms with Crippen molar-refractivity contribution < 1.29 is 23.8 Å². The van der Waals surface area contributed by atoms with Crippen LogP contribution in [0.5, 0.6) is 11.5 Å². The molecule has 31 heavy (non-hydrogen) atoms. The molecule has 4 rings (SSSR count). The largest absolute Gasteiger partial charge is 0.503 e. The number of hydrogen-bond donors (Lipinski definition) is 1. The van der Waals surface area contributed by atoms with Crippen LogP contribution < -0.4 is 10.2 Å². The van der Waals surface area contributed by atoms with Gasteiger partial charge in [0.2, 0.25) is 5.76 Å². The van der Waals surface area contributed by atoms with E-state index in [1.54, 1.807) is 42.3 Å². The van der Waals surface area contributed by atoms with E-state index in [1.807, 2.05) is 0 Å². The number of ether oxygens (including phenoxy) is 2. The molecule has 1 atom stereocenters. The summed E-state index contributed by atoms with van der Waals surface area (Å²) in [5.74, 6) is -0.155. The van der Waals surface area contributed by atoms with Crippen LogP contribution in [0.25, 0.3) is 11.0 Å². The minimum atomic E-state index is -0.690. The molecule has 0 aliphatic carbocycles. The molecular formula is C22H19Br2NO6. The maximum Gasteiger partial charge on any atom is 0.290 e. The van der Waals surface area contributed by atoms with Crippen LogP contribution >= 0.6 is 31.9 Å². The van der Waals surface area contributed by atoms with Crippen molar-refractivity contribution in [3.63, 3.8) is 0 Å². The quantitative estimate of drug-likeness (QED) is 0.449. The third kappa shape index (κ3) is 3.75. The Kier molecular flexibility index (Phi) is 6.09. The zero-order valence-electron chi connectivity index (χ0n) is 16.8. The average molecular weight is 553 g/mol. The molecule has 2 heterocycles. The van der Waals surface area contributed by atoms with Crippen molar-refractivity contribution in [1.82, 2.24) is 4.90 Å². The Morgan fingerprint density at radius 1 is 1.16 bits per heavy atom. The van der Waals surface area contributed by atoms with E-state index in [1.165, 1.54) is 7.11 Å². The number of aromatic hydroxyl groups is 1. The third-order valence-corrected chi connectivity index (χ3v) is 6.36. The molecule has 1 unspecified atom stereocenters. The van der Waals surface area contributed by atoms with Crippen molar-refractivity contribution in [3.05, 3.63) is 66.4 Å². The number of benzene rings is 2. The van der Waals surface area contributed by atoms with Gasteiger partial charge in [0.05, 0.1) is 28.6 Å². The fourth-order valence-corrected chi connectivity index (χ4v) is 4.68. The van der Waals surface area contributed by atoms with Gasteiger partial charge in [-0.25, -0.2) is 0 Å². The summed E-state index contributed by atoms with van der Waals surface area (Å²) in [6.07, 6.45) is 0.586. The molecule has 2 aromatic carbocycles. The van der Waals surface area contributed by atoms with E-state index in [4.69, 9.17) is 13.9 Å². The van der Waals surface area contributed by atoms with E-state index < -0.39 is 6.04 Å². The smallest absolute Gasteiger partial charge is 0.290 e. The summed E-state index contributed by atoms with van der Waals surface area (Å²) in [6, 6.07) is 7.72. The van der Waals surface area contributed by atoms with Crippen LogP contribution in [-0.4, -0.2) is 43.3 Å². The standard InChI is InChI=1S/C22H19Br2NO6/c1-29-7-3-6-25-18(11-8-14(24)20(27)16(9-11)30-2)17-19(26)13-10-12(23)4-5-15(13)31-21(17)22(25)28/h4-5,8-10,18,27H,3,6-7H2,1-2H3. The summed E-state index contributed by atoms with van der Waals surface area (Å²) in [5, 5.41) is 10.6. The number of methoxy groups -OCH3 is 2. The number of amides is 1. The number of phenols is 1. The summed E-state index contributed by atoms with van der Waals surface area (Å²) in [5.41, 5.74) is 0.968. The zero-order valence-corrected chi connectivity index (χ0v) is 19.9. The normalized spacial score (nSPS) is 15.5. The molecule has 1 amide bonds. The molecule has 7 nitrogen and oxygen atoms in total. The highest BCUT2D eigenvalue weighted by molar-refractivity contribution is 9.10. The average Bonchev–Trinajstić information content (AvgIpc) is 3.03. The molecule has 162 valence electrons. The van der Waals surface area contributed by atoms with Gasteiger partial charge in [0.15, 0.2) is 16.9 Å². The summed E-state index contributed by atoms with van der Waals surface area (Å²) in [6.45, 7) is 0.827. The Labute approximate surface area is 194 Å². The molecule has 0 saturated carbocycles. The Morgan fingerprint density at radius 3 is 2.65 bits per heavy atom. The van der Waals surface area contributed by atoms with Crippen molar-refractivity contribution in [2.45, 2.75) is 12.5 Å². The number of halogens is 2. The molecule has 1 aliphatic rings. The van der Waals surface area contributed by atoms with Gasteiger partial charge in [-0.2, -0.15) is 0 Å². The van der Waals surface area contributed by atoms with Crippen LogP contribution in [0.3, 0.4) is 0 Å². The summed E-state index contributed by atoms with van der Waals surface area (Å²) in [4.78, 5) is 28.4. The molecule has 0 radical (unpaired) electrons. The number of rotatable bonds is 6. The van der Waals surface area contributed by atoms with Crippen molar-refractivity contribution >= 4 is 48.7 Å². The van der Waals surface area contributed by atoms with Gasteiger partial charge < -0.3 is 23.9 Å². The molecule has 1 N–H and O–H groups in total. The number of carbonyl (C=O) groups is 1. The lowest BCUT2D eigenvalue weighted by Gasteiger charge is -2.25. The highest BCUT2D eigenvalue weighted by Gasteiger charge is 2.42. The number of fused-ring (bicyclic) bond motifs is 2. The first-order valence-corrected chi connectivity index (χ1v) is 11.1. The lowest BCUT2D eigenvalue weighted by molar-refractivity contribution is 0.0707. The molecular weight excluding hydrogens is 534 g/mol. The number of nitrogens with zero attached hydrogens (tertiary/aromatic N) is 1. The van der Waals surface area contributed by atoms with Gasteiger partial charge in [-0.1, -0.05) is 15.9 Å². The van der Waals surface area contributed by atoms with Crippen molar-refractivity contribution in [1.29, 1.82) is 0 Å². The van der Waals surface area contributed by atoms with E-state index in [0.29, 0.717) is 40.6 Å². The lowest BCUT2D eigenvalue weighted by atomic mass is 9.98. The van der Waals surface area contributed by atoms with Crippen LogP contribution in [0.2, 0.25) is 0 Å². The minimum absolute atomic E-state index is 0.0328. The second kappa shape index (κ2) is 8.64. The van der Waals surface area contributed by atoms with Gasteiger partial charge in [0, 0.05) is 24.7 Å². The van der Waals surface area contributed by atoms with Gasteiger partial charge in [-0.3, -0.25) is 9.59 Å². The first-order chi connectivity index (χ1) is 14.9. The van der Waals surface area contributed by atoms with Crippen LogP contribution in [0, 0.1) is 0 Å². The maximum absolute atomic E-state index is 13.5. The Balaban J connectivity index is 1.96. The molecule has 1 aliphatic heterocycles. The third-order valence-electron chi connectivity index (χ3n) is 5.26. The molecule has 0 spiro atoms. The molecule has 1 aromatic heterocycles. The Bertz CT molecular complexity index is 1240. The maximum atomic E-state index is 13.5. The first-order valence-electron chi connectivity index (χ1n) is 9.50. The van der Waals surface area contributed by atoms with Crippen molar-refractivity contribution in [3.8, 4) is 11.5 Å². The highest BCUT2D eigenvalue weighted by Crippen LogP contribution is 2.43. The van der Waals surface area contributed by atoms with Gasteiger partial charge in [0.25, 0.3) is 5.91 Å². The van der Waals surface area contributed by atoms with Gasteiger partial charge in [0.1, 0.15) is 5.58 Å². The van der Waals surface area contributed by atoms with Crippen LogP contribution in [0.4, 0.5) is 0 Å². The number of carbonyl (C=O) groups excluding carboxylic acids is 1. The fourth-order valence-electron chi connectivity index (χ4n) is 3.86. The molecule has 3 aromatic rings. The van der Waals surface area contributed by atoms with Gasteiger partial charge in [-0.05, 0) is 58.2 Å². The second-order valence-corrected chi connectivity index (χ2v) is 8.89. The molecule has 0 fully saturated rings. The monoisotopic (exact) mass is 551 g/mol. The Morgan fingerprint density at radius 2 is 1.94 bits per heavy atom. The van der Waals surface area contributed by atoms with Crippen molar-refractivity contribution in [2.24, 2.45) is 0 Å². The predicted molar refractivity (Wildman–Crippen MR) is 122 cm³/mol. The summed E-state index contributed by atoms with van der Waals surface area (Å²) < 4.78 is 17.5. The van der Waals surface area contributed by atoms with Crippen LogP contribution in [-0.2, 0) is 4.74 Å². The Hall–Kier alpha value is -2.36. The topological polar surface area (TPSA) is 89.2 Å². The lowest BCUT2D eigenvalue weighted by Crippen LogP contribution is -2.31. The molecule has 0 saturated heterocycles. The van der Waals surface area contributed by atoms with Gasteiger partial charge in [-0.15, -0.1) is 0 Å². The number of hydrogen-bond acceptors (Lipinski definition) is 6. The van der Waals surface area contributed by atoms with E-state index >= 15 is 0 Å². The summed E-state index contributed by atoms with van der Waals surface area (Å²) >= 11 is 6.72. The van der Waals surface area contributed by atoms with Crippen LogP contribution in [0.15, 0.2) is 48.5 Å². The van der Waals surface area contributed by atoms with E-state index in [2.05, 4.69) is 31.9 Å². The SMILES string of the molecule is COCCCN1C(=O)c2oc3ccc(Br)cc3c(=O)c2C1c1cc(Br)c(O)c(OC)c1. The van der Waals surface area contributed by atoms with E-state index in [0.717, 1.165) is 4.47 Å². The number of phenolic OH excluding ortho intramolecular Hbond substituents is 1. The molecule has 9 heteroatoms. The zero-order chi connectivity index (χ0) is 22.3. The minimum Gasteiger partial charge on any atom is -0.503 e. The summed E-state index contributed by atoms with van der Waals surface area (Å²) in [7, 11) is 3.03. The molecule has 0 bridgehead atoms. The van der Waals surface area contributed by atoms with Crippen molar-refractivity contribution in [2.75, 3.05) is 27.4 Å². The van der Waals surface area contributed by atoms with Crippen LogP contribution in [0.1, 0.15) is 34.1 Å². The second-order valence-electron chi connectivity index (χ2n) is 7.12.